The van der Waals surface area contributed by atoms with Crippen LogP contribution in [0.4, 0.5) is 0 Å². The zero-order valence-corrected chi connectivity index (χ0v) is 18.9. The van der Waals surface area contributed by atoms with Crippen LogP contribution in [0.5, 0.6) is 0 Å². The molecule has 2 aromatic carbocycles. The molecule has 3 rings (SSSR count). The number of imidazole rings is 1. The predicted molar refractivity (Wildman–Crippen MR) is 126 cm³/mol. The second kappa shape index (κ2) is 12.3. The number of hydrogen-bond donors (Lipinski definition) is 4. The highest BCUT2D eigenvalue weighted by molar-refractivity contribution is 5.92. The molecule has 0 saturated carbocycles. The summed E-state index contributed by atoms with van der Waals surface area (Å²) in [6.45, 7) is 0. The van der Waals surface area contributed by atoms with Crippen LogP contribution in [0.15, 0.2) is 73.2 Å². The first-order valence-corrected chi connectivity index (χ1v) is 11.0. The zero-order valence-electron chi connectivity index (χ0n) is 18.9. The van der Waals surface area contributed by atoms with Gasteiger partial charge in [-0.3, -0.25) is 9.59 Å². The third kappa shape index (κ3) is 7.28. The average molecular weight is 464 g/mol. The largest absolute Gasteiger partial charge is 0.467 e. The summed E-state index contributed by atoms with van der Waals surface area (Å²) in [7, 11) is 1.25. The summed E-state index contributed by atoms with van der Waals surface area (Å²) < 4.78 is 4.85. The number of nitrogens with two attached hydrogens (primary N) is 1. The second-order valence-corrected chi connectivity index (χ2v) is 7.91. The van der Waals surface area contributed by atoms with E-state index in [4.69, 9.17) is 10.5 Å². The van der Waals surface area contributed by atoms with Gasteiger partial charge in [-0.25, -0.2) is 9.78 Å². The summed E-state index contributed by atoms with van der Waals surface area (Å²) >= 11 is 0. The molecule has 1 aromatic heterocycles. The smallest absolute Gasteiger partial charge is 0.328 e. The number of nitrogens with zero attached hydrogens (tertiary/aromatic N) is 1. The Morgan fingerprint density at radius 2 is 1.47 bits per heavy atom. The van der Waals surface area contributed by atoms with Crippen LogP contribution in [0, 0.1) is 0 Å². The standard InChI is InChI=1S/C25H29N5O4/c1-34-25(33)22(14-19-15-27-16-28-19)30-24(32)21(13-18-10-6-3-7-11-18)29-23(31)20(26)12-17-8-4-2-5-9-17/h2-11,15-16,20-22H,12-14,26H2,1H3,(H,27,28)(H,29,31)(H,30,32)/t20-,21-,22-/m0/s1. The number of esters is 1. The van der Waals surface area contributed by atoms with Crippen molar-refractivity contribution in [3.05, 3.63) is 90.0 Å². The van der Waals surface area contributed by atoms with Gasteiger partial charge in [-0.05, 0) is 17.5 Å². The van der Waals surface area contributed by atoms with Gasteiger partial charge in [0.05, 0.1) is 19.5 Å². The topological polar surface area (TPSA) is 139 Å². The fourth-order valence-electron chi connectivity index (χ4n) is 3.52. The molecule has 34 heavy (non-hydrogen) atoms. The number of aromatic nitrogens is 2. The molecule has 3 atom stereocenters. The third-order valence-electron chi connectivity index (χ3n) is 5.33. The first kappa shape index (κ1) is 24.7. The fraction of sp³-hybridized carbons (Fsp3) is 0.280. The lowest BCUT2D eigenvalue weighted by Crippen LogP contribution is -2.56. The SMILES string of the molecule is COC(=O)[C@H](Cc1cnc[nH]1)NC(=O)[C@H](Cc1ccccc1)NC(=O)[C@@H](N)Cc1ccccc1. The maximum atomic E-state index is 13.2. The monoisotopic (exact) mass is 463 g/mol. The number of aromatic amines is 1. The molecule has 0 fully saturated rings. The van der Waals surface area contributed by atoms with Gasteiger partial charge in [0.25, 0.3) is 0 Å². The van der Waals surface area contributed by atoms with Crippen LogP contribution < -0.4 is 16.4 Å². The van der Waals surface area contributed by atoms with E-state index >= 15 is 0 Å². The maximum absolute atomic E-state index is 13.2. The summed E-state index contributed by atoms with van der Waals surface area (Å²) in [6.07, 6.45) is 3.77. The van der Waals surface area contributed by atoms with Crippen molar-refractivity contribution < 1.29 is 19.1 Å². The molecule has 0 aliphatic heterocycles. The molecule has 2 amide bonds. The molecular weight excluding hydrogens is 434 g/mol. The van der Waals surface area contributed by atoms with E-state index in [1.54, 1.807) is 6.20 Å². The number of H-pyrrole nitrogens is 1. The third-order valence-corrected chi connectivity index (χ3v) is 5.33. The zero-order chi connectivity index (χ0) is 24.3. The summed E-state index contributed by atoms with van der Waals surface area (Å²) in [5.74, 6) is -1.57. The molecule has 0 bridgehead atoms. The Bertz CT molecular complexity index is 1060. The van der Waals surface area contributed by atoms with Crippen molar-refractivity contribution in [2.24, 2.45) is 5.73 Å². The molecule has 178 valence electrons. The molecule has 0 aliphatic carbocycles. The number of rotatable bonds is 11. The van der Waals surface area contributed by atoms with Crippen LogP contribution in [0.1, 0.15) is 16.8 Å². The van der Waals surface area contributed by atoms with Crippen molar-refractivity contribution in [3.8, 4) is 0 Å². The molecule has 3 aromatic rings. The Morgan fingerprint density at radius 1 is 0.882 bits per heavy atom. The molecule has 1 heterocycles. The minimum absolute atomic E-state index is 0.165. The van der Waals surface area contributed by atoms with Crippen LogP contribution in [0.2, 0.25) is 0 Å². The van der Waals surface area contributed by atoms with Crippen molar-refractivity contribution in [2.45, 2.75) is 37.4 Å². The van der Waals surface area contributed by atoms with Crippen LogP contribution >= 0.6 is 0 Å². The highest BCUT2D eigenvalue weighted by atomic mass is 16.5. The molecule has 0 radical (unpaired) electrons. The van der Waals surface area contributed by atoms with Crippen molar-refractivity contribution in [1.82, 2.24) is 20.6 Å². The summed E-state index contributed by atoms with van der Waals surface area (Å²) in [5, 5.41) is 5.46. The van der Waals surface area contributed by atoms with Gasteiger partial charge in [-0.2, -0.15) is 0 Å². The molecule has 5 N–H and O–H groups in total. The Morgan fingerprint density at radius 3 is 2.03 bits per heavy atom. The highest BCUT2D eigenvalue weighted by Crippen LogP contribution is 2.08. The van der Waals surface area contributed by atoms with E-state index in [9.17, 15) is 14.4 Å². The van der Waals surface area contributed by atoms with Gasteiger partial charge in [0.2, 0.25) is 11.8 Å². The van der Waals surface area contributed by atoms with Gasteiger partial charge in [-0.15, -0.1) is 0 Å². The molecule has 0 unspecified atom stereocenters. The van der Waals surface area contributed by atoms with Gasteiger partial charge >= 0.3 is 5.97 Å². The lowest BCUT2D eigenvalue weighted by atomic mass is 10.0. The van der Waals surface area contributed by atoms with Gasteiger partial charge in [0.1, 0.15) is 12.1 Å². The van der Waals surface area contributed by atoms with Crippen LogP contribution in [-0.2, 0) is 38.4 Å². The quantitative estimate of drug-likeness (QED) is 0.312. The summed E-state index contributed by atoms with van der Waals surface area (Å²) in [6, 6.07) is 16.0. The van der Waals surface area contributed by atoms with E-state index in [-0.39, 0.29) is 12.8 Å². The molecule has 0 spiro atoms. The fourth-order valence-corrected chi connectivity index (χ4v) is 3.52. The van der Waals surface area contributed by atoms with Crippen LogP contribution in [-0.4, -0.2) is 53.0 Å². The number of carbonyl (C=O) groups is 3. The Hall–Kier alpha value is -3.98. The van der Waals surface area contributed by atoms with E-state index in [0.29, 0.717) is 12.1 Å². The summed E-state index contributed by atoms with van der Waals surface area (Å²) in [5.41, 5.74) is 8.55. The van der Waals surface area contributed by atoms with E-state index in [1.165, 1.54) is 13.4 Å². The maximum Gasteiger partial charge on any atom is 0.328 e. The van der Waals surface area contributed by atoms with E-state index in [0.717, 1.165) is 11.1 Å². The normalized spacial score (nSPS) is 13.4. The Labute approximate surface area is 198 Å². The van der Waals surface area contributed by atoms with Crippen molar-refractivity contribution in [2.75, 3.05) is 7.11 Å². The molecule has 0 aliphatic rings. The Kier molecular flexibility index (Phi) is 8.93. The highest BCUT2D eigenvalue weighted by Gasteiger charge is 2.29. The lowest BCUT2D eigenvalue weighted by molar-refractivity contribution is -0.145. The predicted octanol–water partition coefficient (Wildman–Crippen LogP) is 0.908. The van der Waals surface area contributed by atoms with Gasteiger partial charge in [0, 0.05) is 24.7 Å². The molecular formula is C25H29N5O4. The first-order valence-electron chi connectivity index (χ1n) is 11.0. The number of amides is 2. The van der Waals surface area contributed by atoms with Gasteiger partial charge in [0.15, 0.2) is 0 Å². The number of hydrogen-bond acceptors (Lipinski definition) is 6. The molecule has 0 saturated heterocycles. The number of ether oxygens (including phenoxy) is 1. The average Bonchev–Trinajstić information content (AvgIpc) is 3.37. The van der Waals surface area contributed by atoms with Crippen molar-refractivity contribution in [3.63, 3.8) is 0 Å². The summed E-state index contributed by atoms with van der Waals surface area (Å²) in [4.78, 5) is 45.2. The van der Waals surface area contributed by atoms with Gasteiger partial charge in [-0.1, -0.05) is 60.7 Å². The van der Waals surface area contributed by atoms with Crippen molar-refractivity contribution >= 4 is 17.8 Å². The number of carbonyl (C=O) groups excluding carboxylic acids is 3. The molecule has 9 heteroatoms. The first-order chi connectivity index (χ1) is 16.5. The van der Waals surface area contributed by atoms with E-state index < -0.39 is 35.9 Å². The van der Waals surface area contributed by atoms with Crippen LogP contribution in [0.3, 0.4) is 0 Å². The van der Waals surface area contributed by atoms with E-state index in [1.807, 2.05) is 60.7 Å². The number of nitrogens with one attached hydrogen (secondary N) is 3. The van der Waals surface area contributed by atoms with E-state index in [2.05, 4.69) is 20.6 Å². The lowest BCUT2D eigenvalue weighted by Gasteiger charge is -2.23. The number of methoxy groups -OCH3 is 1. The van der Waals surface area contributed by atoms with Crippen LogP contribution in [0.25, 0.3) is 0 Å². The minimum atomic E-state index is -0.953. The second-order valence-electron chi connectivity index (χ2n) is 7.91. The minimum Gasteiger partial charge on any atom is -0.467 e. The molecule has 9 nitrogen and oxygen atoms in total. The number of benzene rings is 2. The van der Waals surface area contributed by atoms with Gasteiger partial charge < -0.3 is 26.1 Å². The van der Waals surface area contributed by atoms with Crippen molar-refractivity contribution in [1.29, 1.82) is 0 Å². The Balaban J connectivity index is 1.73.